The predicted octanol–water partition coefficient (Wildman–Crippen LogP) is 2.77. The van der Waals surface area contributed by atoms with E-state index in [0.717, 1.165) is 11.1 Å². The molecular formula is C25H25N5O5S. The fraction of sp³-hybridized carbons (Fsp3) is 0.240. The molecule has 1 fully saturated rings. The first-order valence-corrected chi connectivity index (χ1v) is 12.7. The molecule has 4 aromatic rings. The van der Waals surface area contributed by atoms with E-state index in [-0.39, 0.29) is 21.9 Å². The van der Waals surface area contributed by atoms with Crippen molar-refractivity contribution in [2.45, 2.75) is 17.4 Å². The van der Waals surface area contributed by atoms with Gasteiger partial charge in [0.25, 0.3) is 15.9 Å². The van der Waals surface area contributed by atoms with Crippen LogP contribution in [-0.4, -0.2) is 62.0 Å². The Morgan fingerprint density at radius 3 is 2.58 bits per heavy atom. The zero-order valence-electron chi connectivity index (χ0n) is 20.0. The third-order valence-electron chi connectivity index (χ3n) is 6.27. The quantitative estimate of drug-likeness (QED) is 0.406. The highest BCUT2D eigenvalue weighted by atomic mass is 32.2. The van der Waals surface area contributed by atoms with E-state index in [1.807, 2.05) is 17.9 Å². The molecule has 2 aromatic heterocycles. The van der Waals surface area contributed by atoms with E-state index in [1.54, 1.807) is 60.6 Å². The van der Waals surface area contributed by atoms with E-state index in [2.05, 4.69) is 14.8 Å². The lowest BCUT2D eigenvalue weighted by Crippen LogP contribution is -2.61. The van der Waals surface area contributed by atoms with Gasteiger partial charge in [0.15, 0.2) is 0 Å². The lowest BCUT2D eigenvalue weighted by atomic mass is 9.95. The highest BCUT2D eigenvalue weighted by Gasteiger charge is 2.39. The van der Waals surface area contributed by atoms with Crippen molar-refractivity contribution < 1.29 is 22.7 Å². The Balaban J connectivity index is 1.42. The van der Waals surface area contributed by atoms with Crippen LogP contribution in [0, 0.1) is 0 Å². The molecule has 1 saturated heterocycles. The van der Waals surface area contributed by atoms with Gasteiger partial charge in [0.2, 0.25) is 0 Å². The summed E-state index contributed by atoms with van der Waals surface area (Å²) >= 11 is 0. The van der Waals surface area contributed by atoms with Crippen molar-refractivity contribution in [2.24, 2.45) is 0 Å². The SMILES string of the molecule is COc1ccc(N2CC(C)(OC)C2)cc1S(=O)(=O)NC(=O)c1ccc2c(-n3cccn3)cccc2n1. The topological polar surface area (TPSA) is 116 Å². The van der Waals surface area contributed by atoms with Gasteiger partial charge in [-0.05, 0) is 55.5 Å². The molecule has 1 aliphatic rings. The predicted molar refractivity (Wildman–Crippen MR) is 134 cm³/mol. The molecule has 2 aromatic carbocycles. The second-order valence-electron chi connectivity index (χ2n) is 8.77. The van der Waals surface area contributed by atoms with Crippen molar-refractivity contribution in [3.63, 3.8) is 0 Å². The minimum atomic E-state index is -4.26. The normalized spacial score (nSPS) is 14.9. The number of fused-ring (bicyclic) bond motifs is 1. The second-order valence-corrected chi connectivity index (χ2v) is 10.4. The van der Waals surface area contributed by atoms with Crippen molar-refractivity contribution in [3.8, 4) is 11.4 Å². The molecule has 3 heterocycles. The maximum Gasteiger partial charge on any atom is 0.283 e. The summed E-state index contributed by atoms with van der Waals surface area (Å²) < 4.78 is 41.1. The third-order valence-corrected chi connectivity index (χ3v) is 7.62. The Kier molecular flexibility index (Phi) is 5.89. The number of hydrogen-bond acceptors (Lipinski definition) is 8. The smallest absolute Gasteiger partial charge is 0.283 e. The number of rotatable bonds is 7. The Labute approximate surface area is 208 Å². The van der Waals surface area contributed by atoms with Crippen LogP contribution in [0.15, 0.2) is 71.9 Å². The van der Waals surface area contributed by atoms with Crippen LogP contribution in [-0.2, 0) is 14.8 Å². The van der Waals surface area contributed by atoms with Gasteiger partial charge in [-0.2, -0.15) is 5.10 Å². The molecule has 36 heavy (non-hydrogen) atoms. The van der Waals surface area contributed by atoms with Crippen LogP contribution in [0.4, 0.5) is 5.69 Å². The fourth-order valence-electron chi connectivity index (χ4n) is 4.25. The minimum Gasteiger partial charge on any atom is -0.495 e. The van der Waals surface area contributed by atoms with Crippen LogP contribution >= 0.6 is 0 Å². The van der Waals surface area contributed by atoms with Crippen molar-refractivity contribution in [3.05, 3.63) is 72.7 Å². The van der Waals surface area contributed by atoms with Crippen molar-refractivity contribution in [2.75, 3.05) is 32.2 Å². The van der Waals surface area contributed by atoms with Crippen LogP contribution in [0.3, 0.4) is 0 Å². The number of amides is 1. The van der Waals surface area contributed by atoms with Gasteiger partial charge < -0.3 is 14.4 Å². The van der Waals surface area contributed by atoms with Gasteiger partial charge in [-0.15, -0.1) is 0 Å². The number of nitrogens with zero attached hydrogens (tertiary/aromatic N) is 4. The number of sulfonamides is 1. The van der Waals surface area contributed by atoms with Gasteiger partial charge in [0.05, 0.1) is 23.9 Å². The summed E-state index contributed by atoms with van der Waals surface area (Å²) in [6, 6.07) is 15.3. The van der Waals surface area contributed by atoms with Gasteiger partial charge in [-0.3, -0.25) is 4.79 Å². The summed E-state index contributed by atoms with van der Waals surface area (Å²) in [5, 5.41) is 5.01. The van der Waals surface area contributed by atoms with Crippen molar-refractivity contribution in [1.29, 1.82) is 0 Å². The lowest BCUT2D eigenvalue weighted by molar-refractivity contribution is -0.0167. The van der Waals surface area contributed by atoms with E-state index in [9.17, 15) is 13.2 Å². The Hall–Kier alpha value is -3.96. The number of aromatic nitrogens is 3. The third kappa shape index (κ3) is 4.27. The van der Waals surface area contributed by atoms with Gasteiger partial charge in [0.1, 0.15) is 16.3 Å². The molecule has 0 spiro atoms. The molecule has 10 nitrogen and oxygen atoms in total. The van der Waals surface area contributed by atoms with Crippen LogP contribution in [0.25, 0.3) is 16.6 Å². The molecule has 0 bridgehead atoms. The molecule has 5 rings (SSSR count). The summed E-state index contributed by atoms with van der Waals surface area (Å²) in [6.45, 7) is 3.21. The Morgan fingerprint density at radius 2 is 1.89 bits per heavy atom. The maximum absolute atomic E-state index is 13.2. The number of benzene rings is 2. The molecule has 0 saturated carbocycles. The first-order valence-electron chi connectivity index (χ1n) is 11.2. The van der Waals surface area contributed by atoms with E-state index in [1.165, 1.54) is 19.2 Å². The van der Waals surface area contributed by atoms with E-state index in [4.69, 9.17) is 9.47 Å². The van der Waals surface area contributed by atoms with E-state index in [0.29, 0.717) is 24.3 Å². The van der Waals surface area contributed by atoms with Crippen molar-refractivity contribution in [1.82, 2.24) is 19.5 Å². The van der Waals surface area contributed by atoms with E-state index >= 15 is 0 Å². The minimum absolute atomic E-state index is 0.0302. The number of carbonyl (C=O) groups is 1. The molecule has 186 valence electrons. The molecule has 1 amide bonds. The number of nitrogens with one attached hydrogen (secondary N) is 1. The number of carbonyl (C=O) groups excluding carboxylic acids is 1. The summed E-state index contributed by atoms with van der Waals surface area (Å²) in [4.78, 5) is 19.2. The van der Waals surface area contributed by atoms with Gasteiger partial charge in [-0.25, -0.2) is 22.8 Å². The zero-order valence-corrected chi connectivity index (χ0v) is 20.8. The maximum atomic E-state index is 13.2. The molecule has 0 unspecified atom stereocenters. The fourth-order valence-corrected chi connectivity index (χ4v) is 5.40. The van der Waals surface area contributed by atoms with Crippen molar-refractivity contribution >= 4 is 32.5 Å². The molecule has 1 N–H and O–H groups in total. The highest BCUT2D eigenvalue weighted by Crippen LogP contribution is 2.34. The average molecular weight is 508 g/mol. The number of ether oxygens (including phenoxy) is 2. The van der Waals surface area contributed by atoms with Crippen LogP contribution < -0.4 is 14.4 Å². The van der Waals surface area contributed by atoms with Gasteiger partial charge in [-0.1, -0.05) is 6.07 Å². The molecule has 11 heteroatoms. The highest BCUT2D eigenvalue weighted by molar-refractivity contribution is 7.90. The zero-order chi connectivity index (χ0) is 25.5. The summed E-state index contributed by atoms with van der Waals surface area (Å²) in [6.07, 6.45) is 3.47. The molecule has 0 atom stereocenters. The Bertz CT molecular complexity index is 1550. The largest absolute Gasteiger partial charge is 0.495 e. The van der Waals surface area contributed by atoms with Crippen LogP contribution in [0.2, 0.25) is 0 Å². The first kappa shape index (κ1) is 23.8. The summed E-state index contributed by atoms with van der Waals surface area (Å²) in [5.41, 5.74) is 1.70. The molecule has 1 aliphatic heterocycles. The number of anilines is 1. The standard InChI is InChI=1S/C25H25N5O5S/c1-25(35-3)15-29(16-25)17-8-11-22(34-2)23(14-17)36(32,33)28-24(31)20-10-9-18-19(27-20)6-4-7-21(18)30-13-5-12-26-30/h4-14H,15-16H2,1-3H3,(H,28,31). The summed E-state index contributed by atoms with van der Waals surface area (Å²) in [7, 11) is -1.23. The molecule has 0 radical (unpaired) electrons. The average Bonchev–Trinajstić information content (AvgIpc) is 3.40. The van der Waals surface area contributed by atoms with Gasteiger partial charge in [0, 0.05) is 43.7 Å². The number of pyridine rings is 1. The first-order chi connectivity index (χ1) is 17.2. The molecular weight excluding hydrogens is 482 g/mol. The van der Waals surface area contributed by atoms with Crippen LogP contribution in [0.1, 0.15) is 17.4 Å². The van der Waals surface area contributed by atoms with Gasteiger partial charge >= 0.3 is 0 Å². The number of methoxy groups -OCH3 is 2. The monoisotopic (exact) mass is 507 g/mol. The number of hydrogen-bond donors (Lipinski definition) is 1. The Morgan fingerprint density at radius 1 is 1.08 bits per heavy atom. The lowest BCUT2D eigenvalue weighted by Gasteiger charge is -2.48. The molecule has 0 aliphatic carbocycles. The van der Waals surface area contributed by atoms with Crippen LogP contribution in [0.5, 0.6) is 5.75 Å². The summed E-state index contributed by atoms with van der Waals surface area (Å²) in [5.74, 6) is -0.714. The van der Waals surface area contributed by atoms with E-state index < -0.39 is 15.9 Å². The second kappa shape index (κ2) is 8.92.